The van der Waals surface area contributed by atoms with Crippen LogP contribution in [0.25, 0.3) is 0 Å². The van der Waals surface area contributed by atoms with Gasteiger partial charge in [-0.3, -0.25) is 0 Å². The minimum atomic E-state index is -0.0748. The summed E-state index contributed by atoms with van der Waals surface area (Å²) >= 11 is 0. The first kappa shape index (κ1) is 50.8. The fourth-order valence-electron chi connectivity index (χ4n) is 7.04. The summed E-state index contributed by atoms with van der Waals surface area (Å²) in [7, 11) is 0. The third kappa shape index (κ3) is 34.0. The van der Waals surface area contributed by atoms with Crippen LogP contribution in [0.5, 0.6) is 0 Å². The Bertz CT molecular complexity index is 590. The molecule has 308 valence electrons. The molecule has 0 aliphatic carbocycles. The zero-order valence-electron chi connectivity index (χ0n) is 35.9. The molecule has 0 aliphatic heterocycles. The summed E-state index contributed by atoms with van der Waals surface area (Å²) in [5.74, 6) is 0. The van der Waals surface area contributed by atoms with E-state index in [4.69, 9.17) is 18.9 Å². The molecule has 0 N–H and O–H groups in total. The molecule has 0 radical (unpaired) electrons. The third-order valence-electron chi connectivity index (χ3n) is 10.9. The lowest BCUT2D eigenvalue weighted by atomic mass is 9.84. The molecule has 0 heterocycles. The molecule has 0 aromatic heterocycles. The van der Waals surface area contributed by atoms with Crippen LogP contribution in [-0.2, 0) is 18.9 Å². The number of nitrogens with zero attached hydrogens (tertiary/aromatic N) is 2. The molecular weight excluding hydrogens is 633 g/mol. The first-order valence-electron chi connectivity index (χ1n) is 22.9. The second-order valence-corrected chi connectivity index (χ2v) is 15.5. The van der Waals surface area contributed by atoms with Crippen LogP contribution in [0, 0.1) is 5.41 Å². The topological polar surface area (TPSA) is 43.4 Å². The third-order valence-corrected chi connectivity index (χ3v) is 10.9. The number of rotatable bonds is 44. The molecule has 0 rings (SSSR count). The molecule has 6 nitrogen and oxygen atoms in total. The Morgan fingerprint density at radius 1 is 0.314 bits per heavy atom. The fourth-order valence-corrected chi connectivity index (χ4v) is 7.04. The van der Waals surface area contributed by atoms with Crippen molar-refractivity contribution in [2.75, 3.05) is 92.1 Å². The second-order valence-electron chi connectivity index (χ2n) is 15.5. The van der Waals surface area contributed by atoms with Crippen LogP contribution in [0.4, 0.5) is 0 Å². The molecular formula is C45H94N2O4. The predicted molar refractivity (Wildman–Crippen MR) is 223 cm³/mol. The normalized spacial score (nSPS) is 12.2. The van der Waals surface area contributed by atoms with Gasteiger partial charge in [-0.1, -0.05) is 170 Å². The van der Waals surface area contributed by atoms with Crippen molar-refractivity contribution in [3.05, 3.63) is 0 Å². The van der Waals surface area contributed by atoms with E-state index in [1.54, 1.807) is 0 Å². The Hall–Kier alpha value is -0.240. The van der Waals surface area contributed by atoms with Gasteiger partial charge in [-0.05, 0) is 51.9 Å². The molecule has 0 saturated heterocycles. The van der Waals surface area contributed by atoms with Gasteiger partial charge in [0.2, 0.25) is 0 Å². The number of hydrogen-bond donors (Lipinski definition) is 0. The van der Waals surface area contributed by atoms with Crippen molar-refractivity contribution in [2.24, 2.45) is 5.41 Å². The van der Waals surface area contributed by atoms with Gasteiger partial charge in [0.15, 0.2) is 0 Å². The quantitative estimate of drug-likeness (QED) is 0.0583. The summed E-state index contributed by atoms with van der Waals surface area (Å²) in [5, 5.41) is 0. The van der Waals surface area contributed by atoms with Gasteiger partial charge in [0.1, 0.15) is 0 Å². The minimum Gasteiger partial charge on any atom is -0.381 e. The Morgan fingerprint density at radius 2 is 0.608 bits per heavy atom. The van der Waals surface area contributed by atoms with Crippen molar-refractivity contribution in [1.29, 1.82) is 0 Å². The smallest absolute Gasteiger partial charge is 0.0593 e. The monoisotopic (exact) mass is 727 g/mol. The average Bonchev–Trinajstić information content (AvgIpc) is 3.15. The van der Waals surface area contributed by atoms with Crippen molar-refractivity contribution >= 4 is 0 Å². The maximum absolute atomic E-state index is 6.51. The number of hydrogen-bond acceptors (Lipinski definition) is 6. The van der Waals surface area contributed by atoms with Gasteiger partial charge in [0.05, 0.1) is 33.0 Å². The highest BCUT2D eigenvalue weighted by Crippen LogP contribution is 2.28. The maximum atomic E-state index is 6.51. The summed E-state index contributed by atoms with van der Waals surface area (Å²) in [5.41, 5.74) is -0.0748. The molecule has 51 heavy (non-hydrogen) atoms. The van der Waals surface area contributed by atoms with E-state index >= 15 is 0 Å². The first-order chi connectivity index (χ1) is 25.1. The highest BCUT2D eigenvalue weighted by molar-refractivity contribution is 4.80. The Morgan fingerprint density at radius 3 is 0.961 bits per heavy atom. The van der Waals surface area contributed by atoms with Crippen LogP contribution in [0.15, 0.2) is 0 Å². The molecule has 0 aliphatic rings. The predicted octanol–water partition coefficient (Wildman–Crippen LogP) is 12.1. The van der Waals surface area contributed by atoms with Crippen molar-refractivity contribution in [3.8, 4) is 0 Å². The summed E-state index contributed by atoms with van der Waals surface area (Å²) in [6, 6.07) is 0. The Balaban J connectivity index is 4.78. The van der Waals surface area contributed by atoms with Crippen LogP contribution in [0.1, 0.15) is 196 Å². The van der Waals surface area contributed by atoms with Crippen molar-refractivity contribution in [2.45, 2.75) is 196 Å². The summed E-state index contributed by atoms with van der Waals surface area (Å²) in [4.78, 5) is 4.90. The van der Waals surface area contributed by atoms with Gasteiger partial charge in [0, 0.05) is 38.3 Å². The van der Waals surface area contributed by atoms with Crippen molar-refractivity contribution in [1.82, 2.24) is 9.80 Å². The van der Waals surface area contributed by atoms with E-state index in [-0.39, 0.29) is 5.41 Å². The second kappa shape index (κ2) is 40.9. The minimum absolute atomic E-state index is 0.0748. The van der Waals surface area contributed by atoms with Gasteiger partial charge < -0.3 is 28.7 Å². The van der Waals surface area contributed by atoms with Crippen LogP contribution >= 0.6 is 0 Å². The standard InChI is InChI=1S/C45H94N2O4/c1-7-13-15-17-18-19-20-21-22-24-29-33-39-49-42-45(43-50-40-35-46(9-3)10-4,44-51-41-36-47(11-5)12-6)34-30-26-23-25-28-32-38-48-37-31-27-16-14-8-2/h7-44H2,1-6H3. The van der Waals surface area contributed by atoms with E-state index in [0.29, 0.717) is 0 Å². The van der Waals surface area contributed by atoms with Crippen LogP contribution < -0.4 is 0 Å². The molecule has 0 spiro atoms. The molecule has 0 bridgehead atoms. The van der Waals surface area contributed by atoms with E-state index in [2.05, 4.69) is 51.3 Å². The average molecular weight is 727 g/mol. The zero-order valence-corrected chi connectivity index (χ0v) is 35.9. The largest absolute Gasteiger partial charge is 0.381 e. The number of unbranched alkanes of at least 4 members (excludes halogenated alkanes) is 20. The molecule has 6 heteroatoms. The van der Waals surface area contributed by atoms with E-state index in [1.807, 2.05) is 0 Å². The molecule has 0 atom stereocenters. The number of ether oxygens (including phenoxy) is 4. The van der Waals surface area contributed by atoms with Crippen molar-refractivity contribution in [3.63, 3.8) is 0 Å². The highest BCUT2D eigenvalue weighted by atomic mass is 16.5. The van der Waals surface area contributed by atoms with Gasteiger partial charge >= 0.3 is 0 Å². The van der Waals surface area contributed by atoms with E-state index < -0.39 is 0 Å². The van der Waals surface area contributed by atoms with Gasteiger partial charge in [0.25, 0.3) is 0 Å². The molecule has 0 fully saturated rings. The van der Waals surface area contributed by atoms with Gasteiger partial charge in [-0.25, -0.2) is 0 Å². The Labute approximate surface area is 321 Å². The van der Waals surface area contributed by atoms with E-state index in [0.717, 1.165) is 98.5 Å². The van der Waals surface area contributed by atoms with Gasteiger partial charge in [-0.15, -0.1) is 0 Å². The SMILES string of the molecule is CCCCCCCCCCCCCCOCC(CCCCCCCCOCCCCCCC)(COCCN(CC)CC)COCCN(CC)CC. The maximum Gasteiger partial charge on any atom is 0.0593 e. The lowest BCUT2D eigenvalue weighted by molar-refractivity contribution is -0.0785. The molecule has 0 unspecified atom stereocenters. The first-order valence-corrected chi connectivity index (χ1v) is 22.9. The number of likely N-dealkylation sites (N-methyl/N-ethyl adjacent to an activating group) is 2. The van der Waals surface area contributed by atoms with E-state index in [1.165, 1.54) is 148 Å². The summed E-state index contributed by atoms with van der Waals surface area (Å²) < 4.78 is 25.3. The van der Waals surface area contributed by atoms with Crippen LogP contribution in [-0.4, -0.2) is 102 Å². The van der Waals surface area contributed by atoms with Crippen molar-refractivity contribution < 1.29 is 18.9 Å². The summed E-state index contributed by atoms with van der Waals surface area (Å²) in [6.07, 6.45) is 31.8. The highest BCUT2D eigenvalue weighted by Gasteiger charge is 2.31. The van der Waals surface area contributed by atoms with E-state index in [9.17, 15) is 0 Å². The Kier molecular flexibility index (Phi) is 40.7. The van der Waals surface area contributed by atoms with Crippen LogP contribution in [0.2, 0.25) is 0 Å². The van der Waals surface area contributed by atoms with Gasteiger partial charge in [-0.2, -0.15) is 0 Å². The summed E-state index contributed by atoms with van der Waals surface area (Å²) in [6.45, 7) is 26.3. The fraction of sp³-hybridized carbons (Fsp3) is 1.00. The molecule has 0 amide bonds. The zero-order chi connectivity index (χ0) is 37.4. The molecule has 0 saturated carbocycles. The van der Waals surface area contributed by atoms with Crippen LogP contribution in [0.3, 0.4) is 0 Å². The lowest BCUT2D eigenvalue weighted by Gasteiger charge is -2.34. The molecule has 0 aromatic carbocycles. The molecule has 0 aromatic rings. The lowest BCUT2D eigenvalue weighted by Crippen LogP contribution is -2.39.